The van der Waals surface area contributed by atoms with Crippen molar-refractivity contribution in [2.24, 2.45) is 11.8 Å². The molecule has 3 aromatic rings. The molecule has 1 fully saturated rings. The van der Waals surface area contributed by atoms with E-state index in [1.807, 2.05) is 45.0 Å². The van der Waals surface area contributed by atoms with Crippen molar-refractivity contribution in [1.29, 1.82) is 0 Å². The molecule has 1 aliphatic rings. The number of methoxy groups -OCH3 is 2. The van der Waals surface area contributed by atoms with Crippen molar-refractivity contribution in [3.63, 3.8) is 0 Å². The molecule has 2 aromatic heterocycles. The molecule has 4 rings (SSSR count). The Morgan fingerprint density at radius 3 is 1.97 bits per heavy atom. The average Bonchev–Trinajstić information content (AvgIpc) is 3.36. The van der Waals surface area contributed by atoms with Gasteiger partial charge in [0.25, 0.3) is 0 Å². The lowest BCUT2D eigenvalue weighted by atomic mass is 9.84. The first kappa shape index (κ1) is 31.1. The summed E-state index contributed by atoms with van der Waals surface area (Å²) in [6, 6.07) is 9.18. The Kier molecular flexibility index (Phi) is 14.5. The Morgan fingerprint density at radius 1 is 0.917 bits per heavy atom. The van der Waals surface area contributed by atoms with Crippen LogP contribution in [0.2, 0.25) is 0 Å². The smallest absolute Gasteiger partial charge is 0.182 e. The normalized spacial score (nSPS) is 16.4. The van der Waals surface area contributed by atoms with Crippen LogP contribution in [-0.2, 0) is 0 Å². The van der Waals surface area contributed by atoms with Gasteiger partial charge in [-0.05, 0) is 36.1 Å². The number of ketones is 1. The van der Waals surface area contributed by atoms with Crippen molar-refractivity contribution in [3.8, 4) is 22.8 Å². The van der Waals surface area contributed by atoms with Gasteiger partial charge in [0, 0.05) is 24.2 Å². The van der Waals surface area contributed by atoms with Crippen molar-refractivity contribution in [3.05, 3.63) is 42.2 Å². The Morgan fingerprint density at radius 2 is 1.47 bits per heavy atom. The predicted octanol–water partition coefficient (Wildman–Crippen LogP) is 8.28. The summed E-state index contributed by atoms with van der Waals surface area (Å²) in [6.45, 7) is 14.8. The Balaban J connectivity index is 0.000000414. The van der Waals surface area contributed by atoms with Gasteiger partial charge in [0.05, 0.1) is 19.9 Å². The molecular formula is C30H47N3O3. The summed E-state index contributed by atoms with van der Waals surface area (Å²) in [6.07, 6.45) is 9.25. The second-order valence-electron chi connectivity index (χ2n) is 9.05. The quantitative estimate of drug-likeness (QED) is 0.332. The van der Waals surface area contributed by atoms with Crippen LogP contribution in [0.15, 0.2) is 36.5 Å². The molecule has 0 amide bonds. The number of aromatic nitrogens is 3. The molecule has 1 aliphatic carbocycles. The Hall–Kier alpha value is -2.89. The van der Waals surface area contributed by atoms with Gasteiger partial charge in [-0.15, -0.1) is 0 Å². The number of benzene rings is 1. The number of hydrogen-bond acceptors (Lipinski definition) is 5. The standard InChI is InChI=1S/C17H17N3O3.C8H16.C3H8.C2H6/c1-4-14(21)12-10-17-18-8-7-13(20(17)19-12)11-5-6-15(22-2)16(9-11)23-3;1-7-3-5-8(2)6-4-7;1-3-2;1-2/h5-10H,4H2,1-3H3;7-8H,3-6H2,1-2H3;3H2,1-2H3;1-2H3. The minimum absolute atomic E-state index is 0.00578. The molecule has 6 heteroatoms. The van der Waals surface area contributed by atoms with E-state index in [4.69, 9.17) is 9.47 Å². The molecule has 1 saturated carbocycles. The molecule has 0 saturated heterocycles. The fourth-order valence-corrected chi connectivity index (χ4v) is 3.85. The van der Waals surface area contributed by atoms with Gasteiger partial charge in [-0.25, -0.2) is 9.50 Å². The summed E-state index contributed by atoms with van der Waals surface area (Å²) in [5, 5.41) is 4.39. The molecule has 6 nitrogen and oxygen atoms in total. The summed E-state index contributed by atoms with van der Waals surface area (Å²) < 4.78 is 12.3. The summed E-state index contributed by atoms with van der Waals surface area (Å²) in [4.78, 5) is 16.1. The zero-order chi connectivity index (χ0) is 27.1. The zero-order valence-electron chi connectivity index (χ0n) is 23.9. The number of carbonyl (C=O) groups excluding carboxylic acids is 1. The fraction of sp³-hybridized carbons (Fsp3) is 0.567. The first-order chi connectivity index (χ1) is 17.4. The van der Waals surface area contributed by atoms with Crippen LogP contribution in [0, 0.1) is 11.8 Å². The molecular weight excluding hydrogens is 450 g/mol. The van der Waals surface area contributed by atoms with Crippen LogP contribution < -0.4 is 9.47 Å². The van der Waals surface area contributed by atoms with Gasteiger partial charge in [-0.1, -0.05) is 80.6 Å². The van der Waals surface area contributed by atoms with E-state index in [0.717, 1.165) is 23.1 Å². The minimum atomic E-state index is -0.00578. The third kappa shape index (κ3) is 8.96. The lowest BCUT2D eigenvalue weighted by Crippen LogP contribution is -2.08. The molecule has 0 unspecified atom stereocenters. The summed E-state index contributed by atoms with van der Waals surface area (Å²) >= 11 is 0. The van der Waals surface area contributed by atoms with E-state index in [2.05, 4.69) is 37.8 Å². The number of carbonyl (C=O) groups is 1. The summed E-state index contributed by atoms with van der Waals surface area (Å²) in [5.74, 6) is 3.32. The van der Waals surface area contributed by atoms with E-state index >= 15 is 0 Å². The van der Waals surface area contributed by atoms with Crippen molar-refractivity contribution in [1.82, 2.24) is 14.6 Å². The molecule has 1 aromatic carbocycles. The van der Waals surface area contributed by atoms with Crippen molar-refractivity contribution >= 4 is 11.4 Å². The van der Waals surface area contributed by atoms with E-state index in [1.54, 1.807) is 31.0 Å². The topological polar surface area (TPSA) is 65.7 Å². The van der Waals surface area contributed by atoms with Gasteiger partial charge in [0.15, 0.2) is 22.9 Å². The number of hydrogen-bond donors (Lipinski definition) is 0. The van der Waals surface area contributed by atoms with Gasteiger partial charge in [0.1, 0.15) is 5.69 Å². The van der Waals surface area contributed by atoms with E-state index in [0.29, 0.717) is 29.3 Å². The van der Waals surface area contributed by atoms with Crippen LogP contribution in [0.3, 0.4) is 0 Å². The summed E-state index contributed by atoms with van der Waals surface area (Å²) in [7, 11) is 3.19. The first-order valence-electron chi connectivity index (χ1n) is 13.5. The average molecular weight is 498 g/mol. The van der Waals surface area contributed by atoms with Crippen molar-refractivity contribution in [2.75, 3.05) is 14.2 Å². The van der Waals surface area contributed by atoms with Crippen molar-refractivity contribution < 1.29 is 14.3 Å². The van der Waals surface area contributed by atoms with Gasteiger partial charge >= 0.3 is 0 Å². The van der Waals surface area contributed by atoms with Gasteiger partial charge in [0.2, 0.25) is 0 Å². The van der Waals surface area contributed by atoms with E-state index in [-0.39, 0.29) is 5.78 Å². The van der Waals surface area contributed by atoms with Crippen LogP contribution in [0.4, 0.5) is 0 Å². The highest BCUT2D eigenvalue weighted by Gasteiger charge is 2.14. The Bertz CT molecular complexity index is 1030. The lowest BCUT2D eigenvalue weighted by molar-refractivity contribution is 0.0983. The molecule has 0 spiro atoms. The van der Waals surface area contributed by atoms with Gasteiger partial charge in [-0.3, -0.25) is 4.79 Å². The second kappa shape index (κ2) is 16.7. The monoisotopic (exact) mass is 497 g/mol. The number of ether oxygens (including phenoxy) is 2. The molecule has 2 heterocycles. The third-order valence-electron chi connectivity index (χ3n) is 5.95. The van der Waals surface area contributed by atoms with Gasteiger partial charge in [-0.2, -0.15) is 5.10 Å². The van der Waals surface area contributed by atoms with Crippen LogP contribution in [0.1, 0.15) is 97.5 Å². The number of nitrogens with zero attached hydrogens (tertiary/aromatic N) is 3. The lowest BCUT2D eigenvalue weighted by Gasteiger charge is -2.22. The largest absolute Gasteiger partial charge is 0.493 e. The maximum absolute atomic E-state index is 11.9. The molecule has 200 valence electrons. The second-order valence-corrected chi connectivity index (χ2v) is 9.05. The molecule has 0 aliphatic heterocycles. The molecule has 36 heavy (non-hydrogen) atoms. The third-order valence-corrected chi connectivity index (χ3v) is 5.95. The first-order valence-corrected chi connectivity index (χ1v) is 13.5. The zero-order valence-corrected chi connectivity index (χ0v) is 23.9. The van der Waals surface area contributed by atoms with E-state index in [9.17, 15) is 4.79 Å². The molecule has 0 N–H and O–H groups in total. The van der Waals surface area contributed by atoms with Gasteiger partial charge < -0.3 is 9.47 Å². The van der Waals surface area contributed by atoms with E-state index < -0.39 is 0 Å². The molecule has 0 atom stereocenters. The van der Waals surface area contributed by atoms with E-state index in [1.165, 1.54) is 32.1 Å². The fourth-order valence-electron chi connectivity index (χ4n) is 3.85. The number of rotatable bonds is 5. The predicted molar refractivity (Wildman–Crippen MR) is 150 cm³/mol. The highest BCUT2D eigenvalue weighted by atomic mass is 16.5. The highest BCUT2D eigenvalue weighted by Crippen LogP contribution is 2.32. The van der Waals surface area contributed by atoms with Crippen LogP contribution in [0.25, 0.3) is 16.9 Å². The number of fused-ring (bicyclic) bond motifs is 1. The Labute approximate surface area is 218 Å². The van der Waals surface area contributed by atoms with Crippen LogP contribution >= 0.6 is 0 Å². The summed E-state index contributed by atoms with van der Waals surface area (Å²) in [5.41, 5.74) is 2.78. The van der Waals surface area contributed by atoms with Crippen LogP contribution in [0.5, 0.6) is 11.5 Å². The number of Topliss-reactive ketones (excluding diaryl/α,β-unsaturated/α-hetero) is 1. The maximum Gasteiger partial charge on any atom is 0.182 e. The SMILES string of the molecule is CC.CC1CCC(C)CC1.CCC.CCC(=O)c1cc2nccc(-c3ccc(OC)c(OC)c3)n2n1. The van der Waals surface area contributed by atoms with Crippen LogP contribution in [-0.4, -0.2) is 34.6 Å². The molecule has 0 radical (unpaired) electrons. The van der Waals surface area contributed by atoms with Crippen molar-refractivity contribution in [2.45, 2.75) is 87.0 Å². The highest BCUT2D eigenvalue weighted by molar-refractivity contribution is 5.95. The minimum Gasteiger partial charge on any atom is -0.493 e. The maximum atomic E-state index is 11.9. The molecule has 0 bridgehead atoms.